The smallest absolute Gasteiger partial charge is 0.0840 e. The maximum atomic E-state index is 9.93. The number of aliphatic hydroxyl groups is 1. The molecule has 0 saturated heterocycles. The Labute approximate surface area is 122 Å². The van der Waals surface area contributed by atoms with Crippen molar-refractivity contribution in [3.05, 3.63) is 0 Å². The fourth-order valence-electron chi connectivity index (χ4n) is 2.40. The predicted octanol–water partition coefficient (Wildman–Crippen LogP) is 1.62. The van der Waals surface area contributed by atoms with E-state index in [2.05, 4.69) is 13.8 Å². The molecule has 1 aliphatic rings. The van der Waals surface area contributed by atoms with Crippen molar-refractivity contribution in [2.24, 2.45) is 5.41 Å². The lowest BCUT2D eigenvalue weighted by atomic mass is 9.75. The summed E-state index contributed by atoms with van der Waals surface area (Å²) in [6.07, 6.45) is 2.41. The van der Waals surface area contributed by atoms with E-state index in [0.717, 1.165) is 19.3 Å². The van der Waals surface area contributed by atoms with Crippen LogP contribution in [0.25, 0.3) is 0 Å². The summed E-state index contributed by atoms with van der Waals surface area (Å²) in [6, 6.07) is 0. The summed E-state index contributed by atoms with van der Waals surface area (Å²) >= 11 is 0. The summed E-state index contributed by atoms with van der Waals surface area (Å²) < 4.78 is 21.3. The SMILES string of the molecule is COCCOCCOCCOC1CC(C)(C)CCC1O. The molecule has 0 aliphatic heterocycles. The lowest BCUT2D eigenvalue weighted by Crippen LogP contribution is -2.39. The molecule has 0 radical (unpaired) electrons. The van der Waals surface area contributed by atoms with E-state index in [-0.39, 0.29) is 17.6 Å². The Kier molecular flexibility index (Phi) is 8.64. The number of methoxy groups -OCH3 is 1. The van der Waals surface area contributed by atoms with E-state index < -0.39 is 0 Å². The third-order valence-electron chi connectivity index (χ3n) is 3.66. The molecule has 120 valence electrons. The summed E-state index contributed by atoms with van der Waals surface area (Å²) in [5.74, 6) is 0. The first-order valence-electron chi connectivity index (χ1n) is 7.49. The van der Waals surface area contributed by atoms with E-state index in [1.54, 1.807) is 7.11 Å². The highest BCUT2D eigenvalue weighted by atomic mass is 16.6. The average Bonchev–Trinajstić information content (AvgIpc) is 2.40. The Hall–Kier alpha value is -0.200. The van der Waals surface area contributed by atoms with Crippen molar-refractivity contribution in [3.63, 3.8) is 0 Å². The molecule has 1 saturated carbocycles. The molecular weight excluding hydrogens is 260 g/mol. The average molecular weight is 290 g/mol. The first kappa shape index (κ1) is 17.9. The number of rotatable bonds is 10. The predicted molar refractivity (Wildman–Crippen MR) is 76.9 cm³/mol. The van der Waals surface area contributed by atoms with Crippen molar-refractivity contribution in [1.82, 2.24) is 0 Å². The number of aliphatic hydroxyl groups excluding tert-OH is 1. The van der Waals surface area contributed by atoms with Gasteiger partial charge < -0.3 is 24.1 Å². The Morgan fingerprint density at radius 3 is 2.25 bits per heavy atom. The molecule has 5 nitrogen and oxygen atoms in total. The van der Waals surface area contributed by atoms with Crippen LogP contribution >= 0.6 is 0 Å². The summed E-state index contributed by atoms with van der Waals surface area (Å²) in [5.41, 5.74) is 0.264. The first-order valence-corrected chi connectivity index (χ1v) is 7.49. The van der Waals surface area contributed by atoms with E-state index in [4.69, 9.17) is 18.9 Å². The third-order valence-corrected chi connectivity index (χ3v) is 3.66. The molecular formula is C15H30O5. The molecule has 5 heteroatoms. The second-order valence-electron chi connectivity index (χ2n) is 6.10. The second kappa shape index (κ2) is 9.68. The normalized spacial score (nSPS) is 25.8. The van der Waals surface area contributed by atoms with Crippen LogP contribution in [0.2, 0.25) is 0 Å². The van der Waals surface area contributed by atoms with Crippen LogP contribution in [-0.4, -0.2) is 64.1 Å². The molecule has 0 aromatic carbocycles. The molecule has 0 bridgehead atoms. The van der Waals surface area contributed by atoms with Gasteiger partial charge in [0.2, 0.25) is 0 Å². The van der Waals surface area contributed by atoms with Crippen LogP contribution in [0, 0.1) is 5.41 Å². The van der Waals surface area contributed by atoms with E-state index in [9.17, 15) is 5.11 Å². The van der Waals surface area contributed by atoms with Gasteiger partial charge in [0.05, 0.1) is 51.8 Å². The van der Waals surface area contributed by atoms with Gasteiger partial charge in [0.1, 0.15) is 0 Å². The van der Waals surface area contributed by atoms with Crippen LogP contribution in [-0.2, 0) is 18.9 Å². The summed E-state index contributed by atoms with van der Waals surface area (Å²) in [6.45, 7) is 7.85. The van der Waals surface area contributed by atoms with Gasteiger partial charge in [-0.3, -0.25) is 0 Å². The molecule has 20 heavy (non-hydrogen) atoms. The monoisotopic (exact) mass is 290 g/mol. The summed E-state index contributed by atoms with van der Waals surface area (Å²) in [7, 11) is 1.65. The molecule has 0 aromatic rings. The van der Waals surface area contributed by atoms with Gasteiger partial charge in [-0.05, 0) is 24.7 Å². The topological polar surface area (TPSA) is 57.2 Å². The highest BCUT2D eigenvalue weighted by molar-refractivity contribution is 4.85. The first-order chi connectivity index (χ1) is 9.55. The number of hydrogen-bond acceptors (Lipinski definition) is 5. The van der Waals surface area contributed by atoms with Gasteiger partial charge in [0, 0.05) is 7.11 Å². The van der Waals surface area contributed by atoms with E-state index in [0.29, 0.717) is 39.6 Å². The summed E-state index contributed by atoms with van der Waals surface area (Å²) in [4.78, 5) is 0. The molecule has 0 heterocycles. The van der Waals surface area contributed by atoms with Crippen LogP contribution in [0.1, 0.15) is 33.1 Å². The fourth-order valence-corrected chi connectivity index (χ4v) is 2.40. The van der Waals surface area contributed by atoms with Gasteiger partial charge in [0.25, 0.3) is 0 Å². The Morgan fingerprint density at radius 2 is 1.60 bits per heavy atom. The maximum absolute atomic E-state index is 9.93. The molecule has 0 aromatic heterocycles. The minimum atomic E-state index is -0.333. The van der Waals surface area contributed by atoms with Crippen molar-refractivity contribution in [2.75, 3.05) is 46.8 Å². The molecule has 1 fully saturated rings. The highest BCUT2D eigenvalue weighted by Gasteiger charge is 2.34. The van der Waals surface area contributed by atoms with Gasteiger partial charge in [-0.25, -0.2) is 0 Å². The minimum absolute atomic E-state index is 0.0553. The quantitative estimate of drug-likeness (QED) is 0.620. The van der Waals surface area contributed by atoms with Crippen molar-refractivity contribution in [2.45, 2.75) is 45.3 Å². The summed E-state index contributed by atoms with van der Waals surface area (Å²) in [5, 5.41) is 9.93. The van der Waals surface area contributed by atoms with Gasteiger partial charge >= 0.3 is 0 Å². The van der Waals surface area contributed by atoms with Gasteiger partial charge in [0.15, 0.2) is 0 Å². The van der Waals surface area contributed by atoms with Crippen LogP contribution < -0.4 is 0 Å². The zero-order valence-corrected chi connectivity index (χ0v) is 13.1. The zero-order valence-electron chi connectivity index (χ0n) is 13.1. The van der Waals surface area contributed by atoms with E-state index in [1.165, 1.54) is 0 Å². The molecule has 1 rings (SSSR count). The van der Waals surface area contributed by atoms with Crippen LogP contribution in [0.5, 0.6) is 0 Å². The maximum Gasteiger partial charge on any atom is 0.0840 e. The second-order valence-corrected chi connectivity index (χ2v) is 6.10. The van der Waals surface area contributed by atoms with Crippen molar-refractivity contribution in [1.29, 1.82) is 0 Å². The molecule has 2 unspecified atom stereocenters. The van der Waals surface area contributed by atoms with Crippen LogP contribution in [0.4, 0.5) is 0 Å². The van der Waals surface area contributed by atoms with Gasteiger partial charge in [-0.2, -0.15) is 0 Å². The van der Waals surface area contributed by atoms with Crippen LogP contribution in [0.15, 0.2) is 0 Å². The Balaban J connectivity index is 1.97. The van der Waals surface area contributed by atoms with Crippen molar-refractivity contribution < 1.29 is 24.1 Å². The highest BCUT2D eigenvalue weighted by Crippen LogP contribution is 2.36. The zero-order chi connectivity index (χ0) is 14.8. The molecule has 1 N–H and O–H groups in total. The largest absolute Gasteiger partial charge is 0.390 e. The van der Waals surface area contributed by atoms with Gasteiger partial charge in [-0.15, -0.1) is 0 Å². The Bertz CT molecular complexity index is 244. The molecule has 0 spiro atoms. The Morgan fingerprint density at radius 1 is 1.00 bits per heavy atom. The van der Waals surface area contributed by atoms with Gasteiger partial charge in [-0.1, -0.05) is 13.8 Å². The molecule has 0 amide bonds. The molecule has 1 aliphatic carbocycles. The van der Waals surface area contributed by atoms with E-state index >= 15 is 0 Å². The van der Waals surface area contributed by atoms with Crippen LogP contribution in [0.3, 0.4) is 0 Å². The van der Waals surface area contributed by atoms with E-state index in [1.807, 2.05) is 0 Å². The lowest BCUT2D eigenvalue weighted by Gasteiger charge is -2.38. The standard InChI is InChI=1S/C15H30O5/c1-15(2)5-4-13(16)14(12-15)20-11-10-19-9-8-18-7-6-17-3/h13-14,16H,4-12H2,1-3H3. The molecule has 2 atom stereocenters. The lowest BCUT2D eigenvalue weighted by molar-refractivity contribution is -0.0986. The number of hydrogen-bond donors (Lipinski definition) is 1. The minimum Gasteiger partial charge on any atom is -0.390 e. The number of ether oxygens (including phenoxy) is 4. The van der Waals surface area contributed by atoms with Crippen molar-refractivity contribution in [3.8, 4) is 0 Å². The van der Waals surface area contributed by atoms with Crippen molar-refractivity contribution >= 4 is 0 Å². The fraction of sp³-hybridized carbons (Fsp3) is 1.00. The third kappa shape index (κ3) is 7.55.